The molecule has 1 aromatic heterocycles. The van der Waals surface area contributed by atoms with Gasteiger partial charge in [0.2, 0.25) is 5.91 Å². The summed E-state index contributed by atoms with van der Waals surface area (Å²) in [5.74, 6) is -0.758. The van der Waals surface area contributed by atoms with Gasteiger partial charge in [-0.05, 0) is 37.9 Å². The summed E-state index contributed by atoms with van der Waals surface area (Å²) in [5.41, 5.74) is 5.60. The Morgan fingerprint density at radius 2 is 2.11 bits per heavy atom. The number of carbonyl (C=O) groups excluding carboxylic acids is 1. The number of amides is 1. The second-order valence-electron chi connectivity index (χ2n) is 6.84. The molecule has 0 radical (unpaired) electrons. The molecule has 2 aromatic rings. The fourth-order valence-electron chi connectivity index (χ4n) is 3.22. The minimum atomic E-state index is -0.713. The van der Waals surface area contributed by atoms with Crippen LogP contribution in [0.4, 0.5) is 8.78 Å². The molecule has 1 aliphatic heterocycles. The number of benzene rings is 1. The van der Waals surface area contributed by atoms with Crippen LogP contribution in [0.25, 0.3) is 11.3 Å². The fraction of sp³-hybridized carbons (Fsp3) is 0.500. The standard InChI is InChI=1S/C20H25F2N3O3/c21-14-2-3-16(17(22)12-14)18-13-24-19(28-18)4-5-20(26)25-9-6-15(7-10-25)27-11-1-8-23/h2-3,12-13,15H,1,4-11,23H2. The van der Waals surface area contributed by atoms with Crippen molar-refractivity contribution in [3.63, 3.8) is 0 Å². The monoisotopic (exact) mass is 393 g/mol. The number of nitrogens with two attached hydrogens (primary N) is 1. The summed E-state index contributed by atoms with van der Waals surface area (Å²) in [6, 6.07) is 3.26. The number of piperidine rings is 1. The van der Waals surface area contributed by atoms with Crippen LogP contribution in [0.1, 0.15) is 31.6 Å². The summed E-state index contributed by atoms with van der Waals surface area (Å²) in [6.45, 7) is 2.62. The number of nitrogens with zero attached hydrogens (tertiary/aromatic N) is 2. The zero-order valence-corrected chi connectivity index (χ0v) is 15.7. The van der Waals surface area contributed by atoms with Crippen LogP contribution < -0.4 is 5.73 Å². The molecular weight excluding hydrogens is 368 g/mol. The van der Waals surface area contributed by atoms with Crippen molar-refractivity contribution in [2.45, 2.75) is 38.2 Å². The van der Waals surface area contributed by atoms with Crippen LogP contribution >= 0.6 is 0 Å². The number of hydrogen-bond acceptors (Lipinski definition) is 5. The van der Waals surface area contributed by atoms with Crippen LogP contribution in [0.15, 0.2) is 28.8 Å². The maximum atomic E-state index is 13.8. The van der Waals surface area contributed by atoms with Gasteiger partial charge in [-0.3, -0.25) is 4.79 Å². The molecule has 0 saturated carbocycles. The van der Waals surface area contributed by atoms with E-state index in [1.165, 1.54) is 12.3 Å². The predicted molar refractivity (Wildman–Crippen MR) is 99.4 cm³/mol. The lowest BCUT2D eigenvalue weighted by molar-refractivity contribution is -0.133. The SMILES string of the molecule is NCCCOC1CCN(C(=O)CCc2ncc(-c3ccc(F)cc3F)o2)CC1. The topological polar surface area (TPSA) is 81.6 Å². The second kappa shape index (κ2) is 9.75. The van der Waals surface area contributed by atoms with Gasteiger partial charge in [-0.15, -0.1) is 0 Å². The third-order valence-electron chi connectivity index (χ3n) is 4.80. The molecule has 1 aromatic carbocycles. The Morgan fingerprint density at radius 1 is 1.32 bits per heavy atom. The average molecular weight is 393 g/mol. The fourth-order valence-corrected chi connectivity index (χ4v) is 3.22. The number of carbonyl (C=O) groups is 1. The molecule has 3 rings (SSSR count). The maximum Gasteiger partial charge on any atom is 0.223 e. The summed E-state index contributed by atoms with van der Waals surface area (Å²) in [4.78, 5) is 18.3. The van der Waals surface area contributed by atoms with Gasteiger partial charge in [0.05, 0.1) is 17.9 Å². The number of aromatic nitrogens is 1. The van der Waals surface area contributed by atoms with E-state index in [1.54, 1.807) is 0 Å². The van der Waals surface area contributed by atoms with Gasteiger partial charge < -0.3 is 19.8 Å². The van der Waals surface area contributed by atoms with Gasteiger partial charge in [0, 0.05) is 38.6 Å². The van der Waals surface area contributed by atoms with Crippen LogP contribution in [-0.2, 0) is 16.0 Å². The minimum Gasteiger partial charge on any atom is -0.441 e. The normalized spacial score (nSPS) is 15.2. The van der Waals surface area contributed by atoms with Crippen LogP contribution in [-0.4, -0.2) is 48.1 Å². The van der Waals surface area contributed by atoms with Gasteiger partial charge in [-0.25, -0.2) is 13.8 Å². The van der Waals surface area contributed by atoms with Gasteiger partial charge in [-0.1, -0.05) is 0 Å². The van der Waals surface area contributed by atoms with Crippen molar-refractivity contribution in [2.75, 3.05) is 26.2 Å². The summed E-state index contributed by atoms with van der Waals surface area (Å²) in [5, 5.41) is 0. The third kappa shape index (κ3) is 5.36. The quantitative estimate of drug-likeness (QED) is 0.698. The van der Waals surface area contributed by atoms with Gasteiger partial charge in [0.25, 0.3) is 0 Å². The molecule has 1 fully saturated rings. The van der Waals surface area contributed by atoms with Crippen molar-refractivity contribution in [2.24, 2.45) is 5.73 Å². The lowest BCUT2D eigenvalue weighted by Gasteiger charge is -2.32. The lowest BCUT2D eigenvalue weighted by Crippen LogP contribution is -2.41. The second-order valence-corrected chi connectivity index (χ2v) is 6.84. The molecule has 0 bridgehead atoms. The van der Waals surface area contributed by atoms with Gasteiger partial charge in [0.1, 0.15) is 11.6 Å². The van der Waals surface area contributed by atoms with Crippen molar-refractivity contribution in [1.82, 2.24) is 9.88 Å². The molecule has 0 atom stereocenters. The van der Waals surface area contributed by atoms with Crippen molar-refractivity contribution in [3.05, 3.63) is 41.9 Å². The molecule has 0 unspecified atom stereocenters. The zero-order valence-electron chi connectivity index (χ0n) is 15.7. The summed E-state index contributed by atoms with van der Waals surface area (Å²) in [6.07, 6.45) is 4.67. The van der Waals surface area contributed by atoms with E-state index in [0.717, 1.165) is 31.4 Å². The number of likely N-dealkylation sites (tertiary alicyclic amines) is 1. The van der Waals surface area contributed by atoms with E-state index in [-0.39, 0.29) is 29.8 Å². The van der Waals surface area contributed by atoms with Crippen LogP contribution in [0.3, 0.4) is 0 Å². The van der Waals surface area contributed by atoms with Crippen molar-refractivity contribution in [3.8, 4) is 11.3 Å². The Bertz CT molecular complexity index is 789. The molecular formula is C20H25F2N3O3. The summed E-state index contributed by atoms with van der Waals surface area (Å²) in [7, 11) is 0. The maximum absolute atomic E-state index is 13.8. The van der Waals surface area contributed by atoms with E-state index in [9.17, 15) is 13.6 Å². The molecule has 2 heterocycles. The molecule has 8 heteroatoms. The van der Waals surface area contributed by atoms with Gasteiger partial charge >= 0.3 is 0 Å². The van der Waals surface area contributed by atoms with Crippen molar-refractivity contribution < 1.29 is 22.7 Å². The molecule has 0 aliphatic carbocycles. The molecule has 0 spiro atoms. The van der Waals surface area contributed by atoms with Crippen LogP contribution in [0.5, 0.6) is 0 Å². The first kappa shape index (κ1) is 20.4. The smallest absolute Gasteiger partial charge is 0.223 e. The Kier molecular flexibility index (Phi) is 7.11. The van der Waals surface area contributed by atoms with Crippen molar-refractivity contribution in [1.29, 1.82) is 0 Å². The highest BCUT2D eigenvalue weighted by atomic mass is 19.1. The molecule has 1 saturated heterocycles. The molecule has 1 aliphatic rings. The van der Waals surface area contributed by atoms with E-state index in [1.807, 2.05) is 4.90 Å². The van der Waals surface area contributed by atoms with E-state index in [0.29, 0.717) is 38.6 Å². The molecule has 6 nitrogen and oxygen atoms in total. The number of hydrogen-bond donors (Lipinski definition) is 1. The Hall–Kier alpha value is -2.32. The molecule has 28 heavy (non-hydrogen) atoms. The first-order valence-corrected chi connectivity index (χ1v) is 9.56. The Balaban J connectivity index is 1.46. The zero-order chi connectivity index (χ0) is 19.9. The van der Waals surface area contributed by atoms with E-state index in [4.69, 9.17) is 14.9 Å². The summed E-state index contributed by atoms with van der Waals surface area (Å²) >= 11 is 0. The van der Waals surface area contributed by atoms with Crippen LogP contribution in [0.2, 0.25) is 0 Å². The first-order chi connectivity index (χ1) is 13.6. The first-order valence-electron chi connectivity index (χ1n) is 9.56. The minimum absolute atomic E-state index is 0.0353. The number of aryl methyl sites for hydroxylation is 1. The van der Waals surface area contributed by atoms with E-state index >= 15 is 0 Å². The van der Waals surface area contributed by atoms with Gasteiger partial charge in [-0.2, -0.15) is 0 Å². The largest absolute Gasteiger partial charge is 0.441 e. The molecule has 2 N–H and O–H groups in total. The highest BCUT2D eigenvalue weighted by Gasteiger charge is 2.23. The Morgan fingerprint density at radius 3 is 2.82 bits per heavy atom. The number of halogens is 2. The summed E-state index contributed by atoms with van der Waals surface area (Å²) < 4.78 is 38.1. The van der Waals surface area contributed by atoms with Crippen LogP contribution in [0, 0.1) is 11.6 Å². The predicted octanol–water partition coefficient (Wildman–Crippen LogP) is 2.91. The van der Waals surface area contributed by atoms with E-state index in [2.05, 4.69) is 4.98 Å². The number of rotatable bonds is 8. The van der Waals surface area contributed by atoms with Gasteiger partial charge in [0.15, 0.2) is 11.7 Å². The number of ether oxygens (including phenoxy) is 1. The molecule has 1 amide bonds. The number of oxazole rings is 1. The third-order valence-corrected chi connectivity index (χ3v) is 4.80. The van der Waals surface area contributed by atoms with Crippen molar-refractivity contribution >= 4 is 5.91 Å². The van der Waals surface area contributed by atoms with E-state index < -0.39 is 11.6 Å². The highest BCUT2D eigenvalue weighted by Crippen LogP contribution is 2.25. The lowest BCUT2D eigenvalue weighted by atomic mass is 10.1. The molecule has 152 valence electrons. The average Bonchev–Trinajstić information content (AvgIpc) is 3.15. The Labute approximate surface area is 162 Å². The highest BCUT2D eigenvalue weighted by molar-refractivity contribution is 5.76.